The van der Waals surface area contributed by atoms with Gasteiger partial charge in [0.1, 0.15) is 17.6 Å². The van der Waals surface area contributed by atoms with E-state index in [2.05, 4.69) is 15.3 Å². The molecule has 0 saturated carbocycles. The summed E-state index contributed by atoms with van der Waals surface area (Å²) in [5, 5.41) is 14.9. The van der Waals surface area contributed by atoms with Gasteiger partial charge in [-0.25, -0.2) is 9.37 Å². The molecule has 0 aliphatic heterocycles. The minimum Gasteiger partial charge on any atom is -0.507 e. The summed E-state index contributed by atoms with van der Waals surface area (Å²) in [6, 6.07) is 18.7. The maximum Gasteiger partial charge on any atom is 0.272 e. The van der Waals surface area contributed by atoms with E-state index in [0.29, 0.717) is 5.56 Å². The topological polar surface area (TPSA) is 59.3 Å². The summed E-state index contributed by atoms with van der Waals surface area (Å²) in [5.41, 5.74) is 2.31. The molecular formula is C21H17FN3O+. The number of hydrogen-bond acceptors (Lipinski definition) is 3. The van der Waals surface area contributed by atoms with Crippen LogP contribution in [-0.2, 0) is 0 Å². The van der Waals surface area contributed by atoms with Gasteiger partial charge in [-0.05, 0) is 36.4 Å². The Hall–Kier alpha value is -3.47. The van der Waals surface area contributed by atoms with E-state index in [1.165, 1.54) is 12.1 Å². The third kappa shape index (κ3) is 3.07. The molecule has 0 aliphatic rings. The van der Waals surface area contributed by atoms with Crippen molar-refractivity contribution < 1.29 is 14.5 Å². The molecule has 0 spiro atoms. The number of fused-ring (bicyclic) bond motifs is 1. The Morgan fingerprint density at radius 2 is 1.81 bits per heavy atom. The molecule has 128 valence electrons. The van der Waals surface area contributed by atoms with Crippen LogP contribution in [0.4, 0.5) is 10.2 Å². The summed E-state index contributed by atoms with van der Waals surface area (Å²) < 4.78 is 13.4. The van der Waals surface area contributed by atoms with Crippen LogP contribution in [0, 0.1) is 5.82 Å². The lowest BCUT2D eigenvalue weighted by Gasteiger charge is -2.18. The van der Waals surface area contributed by atoms with Gasteiger partial charge in [0.25, 0.3) is 5.82 Å². The predicted molar refractivity (Wildman–Crippen MR) is 98.3 cm³/mol. The van der Waals surface area contributed by atoms with E-state index >= 15 is 0 Å². The number of benzene rings is 2. The fourth-order valence-electron chi connectivity index (χ4n) is 3.08. The number of anilines is 1. The second-order valence-electron chi connectivity index (χ2n) is 5.97. The van der Waals surface area contributed by atoms with Crippen molar-refractivity contribution in [1.82, 2.24) is 4.98 Å². The van der Waals surface area contributed by atoms with Gasteiger partial charge >= 0.3 is 0 Å². The molecular weight excluding hydrogens is 329 g/mol. The smallest absolute Gasteiger partial charge is 0.272 e. The van der Waals surface area contributed by atoms with Crippen molar-refractivity contribution in [3.8, 4) is 5.75 Å². The van der Waals surface area contributed by atoms with E-state index in [4.69, 9.17) is 0 Å². The zero-order valence-electron chi connectivity index (χ0n) is 13.9. The molecule has 2 aromatic heterocycles. The van der Waals surface area contributed by atoms with Gasteiger partial charge in [0.2, 0.25) is 0 Å². The Balaban J connectivity index is 1.91. The number of hydrogen-bond donors (Lipinski definition) is 2. The number of aromatic amines is 1. The van der Waals surface area contributed by atoms with Gasteiger partial charge in [-0.2, -0.15) is 0 Å². The first kappa shape index (κ1) is 16.0. The van der Waals surface area contributed by atoms with E-state index in [1.807, 2.05) is 36.5 Å². The van der Waals surface area contributed by atoms with Crippen LogP contribution in [0.1, 0.15) is 17.2 Å². The molecule has 4 aromatic rings. The highest BCUT2D eigenvalue weighted by Crippen LogP contribution is 2.36. The Morgan fingerprint density at radius 1 is 0.962 bits per heavy atom. The SMILES string of the molecule is Oc1ccc2ncccc2c1[C@H](Nc1cccc[nH+]1)c1ccc(F)cc1. The van der Waals surface area contributed by atoms with Gasteiger partial charge in [-0.1, -0.05) is 24.3 Å². The number of aromatic nitrogens is 2. The number of phenols is 1. The van der Waals surface area contributed by atoms with Crippen molar-refractivity contribution in [3.05, 3.63) is 96.1 Å². The van der Waals surface area contributed by atoms with E-state index in [-0.39, 0.29) is 17.6 Å². The maximum atomic E-state index is 13.4. The van der Waals surface area contributed by atoms with Gasteiger partial charge < -0.3 is 5.11 Å². The minimum atomic E-state index is -0.387. The number of rotatable bonds is 4. The molecule has 0 bridgehead atoms. The van der Waals surface area contributed by atoms with E-state index in [0.717, 1.165) is 22.3 Å². The number of aromatic hydroxyl groups is 1. The fourth-order valence-corrected chi connectivity index (χ4v) is 3.08. The number of nitrogens with zero attached hydrogens (tertiary/aromatic N) is 1. The molecule has 0 saturated heterocycles. The summed E-state index contributed by atoms with van der Waals surface area (Å²) in [4.78, 5) is 7.51. The average molecular weight is 346 g/mol. The molecule has 5 heteroatoms. The van der Waals surface area contributed by atoms with E-state index in [9.17, 15) is 9.50 Å². The molecule has 26 heavy (non-hydrogen) atoms. The monoisotopic (exact) mass is 346 g/mol. The average Bonchev–Trinajstić information content (AvgIpc) is 2.68. The lowest BCUT2D eigenvalue weighted by Crippen LogP contribution is -2.19. The van der Waals surface area contributed by atoms with E-state index in [1.54, 1.807) is 30.5 Å². The Morgan fingerprint density at radius 3 is 2.58 bits per heavy atom. The lowest BCUT2D eigenvalue weighted by molar-refractivity contribution is -0.361. The normalized spacial score (nSPS) is 12.0. The molecule has 2 aromatic carbocycles. The standard InChI is InChI=1S/C21H16FN3O/c22-15-8-6-14(7-9-15)21(25-19-5-1-2-12-24-19)20-16-4-3-13-23-17(16)10-11-18(20)26/h1-13,21,26H,(H,24,25)/p+1/t21-/m1/s1. The third-order valence-electron chi connectivity index (χ3n) is 4.30. The quantitative estimate of drug-likeness (QED) is 0.585. The van der Waals surface area contributed by atoms with E-state index < -0.39 is 0 Å². The van der Waals surface area contributed by atoms with Crippen molar-refractivity contribution in [3.63, 3.8) is 0 Å². The molecule has 0 amide bonds. The van der Waals surface area contributed by atoms with Gasteiger partial charge in [0, 0.05) is 23.2 Å². The second kappa shape index (κ2) is 6.80. The first-order chi connectivity index (χ1) is 12.7. The largest absolute Gasteiger partial charge is 0.507 e. The maximum absolute atomic E-state index is 13.4. The Bertz CT molecular complexity index is 1040. The highest BCUT2D eigenvalue weighted by Gasteiger charge is 2.25. The first-order valence-corrected chi connectivity index (χ1v) is 8.28. The number of phenolic OH excluding ortho intramolecular Hbond substituents is 1. The number of nitrogens with one attached hydrogen (secondary N) is 2. The predicted octanol–water partition coefficient (Wildman–Crippen LogP) is 4.10. The Kier molecular flexibility index (Phi) is 4.19. The highest BCUT2D eigenvalue weighted by molar-refractivity contribution is 5.85. The second-order valence-corrected chi connectivity index (χ2v) is 5.97. The van der Waals surface area contributed by atoms with Gasteiger partial charge in [0.05, 0.1) is 17.3 Å². The number of halogens is 1. The van der Waals surface area contributed by atoms with Gasteiger partial charge in [-0.3, -0.25) is 10.3 Å². The minimum absolute atomic E-state index is 0.156. The van der Waals surface area contributed by atoms with Crippen molar-refractivity contribution >= 4 is 16.7 Å². The molecule has 0 unspecified atom stereocenters. The zero-order valence-corrected chi connectivity index (χ0v) is 13.9. The molecule has 1 atom stereocenters. The van der Waals surface area contributed by atoms with Crippen molar-refractivity contribution in [2.45, 2.75) is 6.04 Å². The highest BCUT2D eigenvalue weighted by atomic mass is 19.1. The zero-order chi connectivity index (χ0) is 17.9. The summed E-state index contributed by atoms with van der Waals surface area (Å²) in [6.07, 6.45) is 3.53. The van der Waals surface area contributed by atoms with Crippen molar-refractivity contribution in [1.29, 1.82) is 0 Å². The van der Waals surface area contributed by atoms with Crippen LogP contribution in [0.3, 0.4) is 0 Å². The molecule has 4 rings (SSSR count). The first-order valence-electron chi connectivity index (χ1n) is 8.28. The Labute approximate surface area is 150 Å². The van der Waals surface area contributed by atoms with Crippen molar-refractivity contribution in [2.24, 2.45) is 0 Å². The number of pyridine rings is 2. The summed E-state index contributed by atoms with van der Waals surface area (Å²) in [6.45, 7) is 0. The van der Waals surface area contributed by atoms with Crippen molar-refractivity contribution in [2.75, 3.05) is 5.32 Å². The molecule has 0 aliphatic carbocycles. The summed E-state index contributed by atoms with van der Waals surface area (Å²) >= 11 is 0. The van der Waals surface area contributed by atoms with Crippen LogP contribution < -0.4 is 10.3 Å². The molecule has 4 nitrogen and oxygen atoms in total. The third-order valence-corrected chi connectivity index (χ3v) is 4.30. The van der Waals surface area contributed by atoms with Crippen LogP contribution in [0.15, 0.2) is 79.1 Å². The number of H-pyrrole nitrogens is 1. The van der Waals surface area contributed by atoms with Gasteiger partial charge in [-0.15, -0.1) is 0 Å². The molecule has 2 heterocycles. The molecule has 3 N–H and O–H groups in total. The summed E-state index contributed by atoms with van der Waals surface area (Å²) in [5.74, 6) is 0.632. The molecule has 0 fully saturated rings. The van der Waals surface area contributed by atoms with Gasteiger partial charge in [0.15, 0.2) is 0 Å². The van der Waals surface area contributed by atoms with Crippen LogP contribution >= 0.6 is 0 Å². The van der Waals surface area contributed by atoms with Crippen LogP contribution in [-0.4, -0.2) is 10.1 Å². The van der Waals surface area contributed by atoms with Crippen LogP contribution in [0.5, 0.6) is 5.75 Å². The lowest BCUT2D eigenvalue weighted by atomic mass is 9.94. The van der Waals surface area contributed by atoms with Crippen LogP contribution in [0.2, 0.25) is 0 Å². The fraction of sp³-hybridized carbons (Fsp3) is 0.0476. The molecule has 0 radical (unpaired) electrons. The summed E-state index contributed by atoms with van der Waals surface area (Å²) in [7, 11) is 0. The van der Waals surface area contributed by atoms with Crippen LogP contribution in [0.25, 0.3) is 10.9 Å².